The molecule has 0 bridgehead atoms. The van der Waals surface area contributed by atoms with Crippen LogP contribution >= 0.6 is 22.6 Å². The average molecular weight is 438 g/mol. The molecule has 2 amide bonds. The summed E-state index contributed by atoms with van der Waals surface area (Å²) in [7, 11) is 1.63. The molecule has 0 saturated heterocycles. The van der Waals surface area contributed by atoms with Crippen molar-refractivity contribution in [1.29, 1.82) is 0 Å². The number of methoxy groups -OCH3 is 1. The van der Waals surface area contributed by atoms with Crippen molar-refractivity contribution in [2.24, 2.45) is 0 Å². The van der Waals surface area contributed by atoms with Crippen LogP contribution in [0.3, 0.4) is 0 Å². The van der Waals surface area contributed by atoms with Crippen LogP contribution in [0.25, 0.3) is 0 Å². The third-order valence-electron chi connectivity index (χ3n) is 3.28. The molecule has 0 aliphatic heterocycles. The molecule has 0 spiro atoms. The largest absolute Gasteiger partial charge is 0.385 e. The van der Waals surface area contributed by atoms with Crippen LogP contribution < -0.4 is 10.6 Å². The van der Waals surface area contributed by atoms with Crippen LogP contribution in [0.5, 0.6) is 0 Å². The molecule has 0 aliphatic carbocycles. The smallest absolute Gasteiger partial charge is 0.255 e. The molecule has 2 N–H and O–H groups in total. The van der Waals surface area contributed by atoms with E-state index >= 15 is 0 Å². The van der Waals surface area contributed by atoms with Gasteiger partial charge in [-0.05, 0) is 65.4 Å². The maximum absolute atomic E-state index is 12.3. The number of hydrogen-bond donors (Lipinski definition) is 2. The Morgan fingerprint density at radius 3 is 2.46 bits per heavy atom. The van der Waals surface area contributed by atoms with Crippen molar-refractivity contribution < 1.29 is 14.3 Å². The third-order valence-corrected chi connectivity index (χ3v) is 3.95. The molecule has 0 radical (unpaired) electrons. The monoisotopic (exact) mass is 438 g/mol. The van der Waals surface area contributed by atoms with Gasteiger partial charge in [-0.1, -0.05) is 12.1 Å². The van der Waals surface area contributed by atoms with Gasteiger partial charge in [0.15, 0.2) is 0 Å². The van der Waals surface area contributed by atoms with Gasteiger partial charge in [0.1, 0.15) is 0 Å². The Bertz CT molecular complexity index is 719. The standard InChI is InChI=1S/C18H19IN2O3/c1-24-10-4-9-20-17(22)14-6-3-8-16(12-14)21-18(23)13-5-2-7-15(19)11-13/h2-3,5-8,11-12H,4,9-10H2,1H3,(H,20,22)(H,21,23). The molecular weight excluding hydrogens is 419 g/mol. The Balaban J connectivity index is 1.99. The quantitative estimate of drug-likeness (QED) is 0.515. The highest BCUT2D eigenvalue weighted by Crippen LogP contribution is 2.14. The lowest BCUT2D eigenvalue weighted by Crippen LogP contribution is -2.25. The van der Waals surface area contributed by atoms with Crippen molar-refractivity contribution in [2.45, 2.75) is 6.42 Å². The van der Waals surface area contributed by atoms with Crippen molar-refractivity contribution >= 4 is 40.1 Å². The number of carbonyl (C=O) groups is 2. The average Bonchev–Trinajstić information content (AvgIpc) is 2.59. The zero-order valence-corrected chi connectivity index (χ0v) is 15.5. The van der Waals surface area contributed by atoms with Crippen LogP contribution in [0, 0.1) is 3.57 Å². The second kappa shape index (κ2) is 9.39. The minimum Gasteiger partial charge on any atom is -0.385 e. The summed E-state index contributed by atoms with van der Waals surface area (Å²) in [5.41, 5.74) is 1.67. The Morgan fingerprint density at radius 1 is 1.04 bits per heavy atom. The lowest BCUT2D eigenvalue weighted by atomic mass is 10.1. The van der Waals surface area contributed by atoms with Gasteiger partial charge in [-0.2, -0.15) is 0 Å². The van der Waals surface area contributed by atoms with E-state index in [1.165, 1.54) is 0 Å². The predicted octanol–water partition coefficient (Wildman–Crippen LogP) is 3.31. The van der Waals surface area contributed by atoms with Gasteiger partial charge in [-0.15, -0.1) is 0 Å². The topological polar surface area (TPSA) is 67.4 Å². The summed E-state index contributed by atoms with van der Waals surface area (Å²) in [5, 5.41) is 5.64. The van der Waals surface area contributed by atoms with E-state index in [0.29, 0.717) is 30.0 Å². The van der Waals surface area contributed by atoms with Crippen molar-refractivity contribution in [3.8, 4) is 0 Å². The van der Waals surface area contributed by atoms with Gasteiger partial charge in [0.2, 0.25) is 0 Å². The summed E-state index contributed by atoms with van der Waals surface area (Å²) >= 11 is 2.16. The van der Waals surface area contributed by atoms with E-state index in [0.717, 1.165) is 9.99 Å². The number of ether oxygens (including phenoxy) is 1. The van der Waals surface area contributed by atoms with E-state index in [4.69, 9.17) is 4.74 Å². The molecule has 0 aliphatic rings. The second-order valence-corrected chi connectivity index (χ2v) is 6.39. The number of anilines is 1. The number of nitrogens with one attached hydrogen (secondary N) is 2. The number of amides is 2. The molecule has 0 unspecified atom stereocenters. The van der Waals surface area contributed by atoms with E-state index in [9.17, 15) is 9.59 Å². The Kier molecular flexibility index (Phi) is 7.20. The summed E-state index contributed by atoms with van der Waals surface area (Å²) in [6.45, 7) is 1.15. The molecule has 0 saturated carbocycles. The summed E-state index contributed by atoms with van der Waals surface area (Å²) in [6.07, 6.45) is 0.755. The Labute approximate surface area is 154 Å². The normalized spacial score (nSPS) is 10.2. The molecule has 2 aromatic rings. The summed E-state index contributed by atoms with van der Waals surface area (Å²) in [4.78, 5) is 24.4. The van der Waals surface area contributed by atoms with Crippen LogP contribution in [0.1, 0.15) is 27.1 Å². The van der Waals surface area contributed by atoms with Crippen molar-refractivity contribution in [3.05, 3.63) is 63.2 Å². The van der Waals surface area contributed by atoms with E-state index in [2.05, 4.69) is 33.2 Å². The molecule has 5 nitrogen and oxygen atoms in total. The summed E-state index contributed by atoms with van der Waals surface area (Å²) in [6, 6.07) is 14.2. The minimum atomic E-state index is -0.203. The fourth-order valence-corrected chi connectivity index (χ4v) is 2.63. The minimum absolute atomic E-state index is 0.170. The maximum atomic E-state index is 12.3. The SMILES string of the molecule is COCCCNC(=O)c1cccc(NC(=O)c2cccc(I)c2)c1. The molecule has 126 valence electrons. The fourth-order valence-electron chi connectivity index (χ4n) is 2.09. The second-order valence-electron chi connectivity index (χ2n) is 5.15. The van der Waals surface area contributed by atoms with Gasteiger partial charge in [-0.3, -0.25) is 9.59 Å². The molecule has 0 atom stereocenters. The van der Waals surface area contributed by atoms with Crippen LogP contribution in [0.4, 0.5) is 5.69 Å². The lowest BCUT2D eigenvalue weighted by molar-refractivity contribution is 0.0947. The van der Waals surface area contributed by atoms with E-state index in [1.54, 1.807) is 37.4 Å². The van der Waals surface area contributed by atoms with Gasteiger partial charge < -0.3 is 15.4 Å². The van der Waals surface area contributed by atoms with Gasteiger partial charge in [-0.25, -0.2) is 0 Å². The zero-order chi connectivity index (χ0) is 17.4. The fraction of sp³-hybridized carbons (Fsp3) is 0.222. The highest BCUT2D eigenvalue weighted by molar-refractivity contribution is 14.1. The first-order valence-corrected chi connectivity index (χ1v) is 8.62. The molecule has 0 fully saturated rings. The van der Waals surface area contributed by atoms with Crippen LogP contribution in [0.2, 0.25) is 0 Å². The zero-order valence-electron chi connectivity index (χ0n) is 13.3. The first kappa shape index (κ1) is 18.4. The van der Waals surface area contributed by atoms with Gasteiger partial charge in [0.25, 0.3) is 11.8 Å². The van der Waals surface area contributed by atoms with Crippen molar-refractivity contribution in [2.75, 3.05) is 25.6 Å². The van der Waals surface area contributed by atoms with Crippen LogP contribution in [-0.4, -0.2) is 32.1 Å². The van der Waals surface area contributed by atoms with Crippen LogP contribution in [-0.2, 0) is 4.74 Å². The molecule has 2 rings (SSSR count). The first-order chi connectivity index (χ1) is 11.6. The number of hydrogen-bond acceptors (Lipinski definition) is 3. The maximum Gasteiger partial charge on any atom is 0.255 e. The highest BCUT2D eigenvalue weighted by Gasteiger charge is 2.09. The third kappa shape index (κ3) is 5.61. The van der Waals surface area contributed by atoms with Gasteiger partial charge >= 0.3 is 0 Å². The highest BCUT2D eigenvalue weighted by atomic mass is 127. The van der Waals surface area contributed by atoms with Crippen molar-refractivity contribution in [1.82, 2.24) is 5.32 Å². The predicted molar refractivity (Wildman–Crippen MR) is 102 cm³/mol. The van der Waals surface area contributed by atoms with Crippen LogP contribution in [0.15, 0.2) is 48.5 Å². The van der Waals surface area contributed by atoms with Gasteiger partial charge in [0.05, 0.1) is 0 Å². The lowest BCUT2D eigenvalue weighted by Gasteiger charge is -2.08. The molecule has 0 aromatic heterocycles. The summed E-state index contributed by atoms with van der Waals surface area (Å²) < 4.78 is 5.93. The molecule has 0 heterocycles. The summed E-state index contributed by atoms with van der Waals surface area (Å²) in [5.74, 6) is -0.373. The number of halogens is 1. The number of carbonyl (C=O) groups excluding carboxylic acids is 2. The van der Waals surface area contributed by atoms with E-state index < -0.39 is 0 Å². The van der Waals surface area contributed by atoms with Gasteiger partial charge in [0, 0.05) is 40.6 Å². The first-order valence-electron chi connectivity index (χ1n) is 7.54. The molecule has 2 aromatic carbocycles. The molecule has 6 heteroatoms. The van der Waals surface area contributed by atoms with E-state index in [-0.39, 0.29) is 11.8 Å². The Hall–Kier alpha value is -1.93. The van der Waals surface area contributed by atoms with E-state index in [1.807, 2.05) is 18.2 Å². The Morgan fingerprint density at radius 2 is 1.75 bits per heavy atom. The molecule has 24 heavy (non-hydrogen) atoms. The number of benzene rings is 2. The van der Waals surface area contributed by atoms with Crippen molar-refractivity contribution in [3.63, 3.8) is 0 Å². The molecular formula is C18H19IN2O3. The number of rotatable bonds is 7.